The van der Waals surface area contributed by atoms with Gasteiger partial charge in [-0.15, -0.1) is 0 Å². The van der Waals surface area contributed by atoms with Gasteiger partial charge < -0.3 is 19.7 Å². The van der Waals surface area contributed by atoms with E-state index in [4.69, 9.17) is 21.1 Å². The van der Waals surface area contributed by atoms with E-state index in [9.17, 15) is 19.2 Å². The second-order valence-electron chi connectivity index (χ2n) is 11.9. The number of rotatable bonds is 3. The number of nitrogens with zero attached hydrogens (tertiary/aromatic N) is 1. The molecule has 3 aliphatic heterocycles. The maximum Gasteiger partial charge on any atom is 0.412 e. The lowest BCUT2D eigenvalue weighted by Crippen LogP contribution is -2.54. The van der Waals surface area contributed by atoms with E-state index in [2.05, 4.69) is 10.6 Å². The molecule has 0 aliphatic carbocycles. The number of methoxy groups -OCH3 is 1. The average molecular weight is 652 g/mol. The Balaban J connectivity index is 1.37. The lowest BCUT2D eigenvalue weighted by atomic mass is 9.82. The summed E-state index contributed by atoms with van der Waals surface area (Å²) in [6, 6.07) is 12.3. The molecule has 3 aromatic carbocycles. The summed E-state index contributed by atoms with van der Waals surface area (Å²) in [6.07, 6.45) is 1.44. The molecule has 1 fully saturated rings. The van der Waals surface area contributed by atoms with Crippen molar-refractivity contribution in [2.75, 3.05) is 30.8 Å². The van der Waals surface area contributed by atoms with Crippen molar-refractivity contribution in [3.8, 4) is 11.1 Å². The number of halogens is 3. The van der Waals surface area contributed by atoms with E-state index in [1.807, 2.05) is 0 Å². The van der Waals surface area contributed by atoms with Crippen LogP contribution in [0.1, 0.15) is 61.1 Å². The number of likely N-dealkylation sites (tertiary alicyclic amines) is 1. The Kier molecular flexibility index (Phi) is 8.69. The number of nitrogens with one attached hydrogen (secondary N) is 2. The number of amides is 3. The minimum absolute atomic E-state index is 0.00605. The summed E-state index contributed by atoms with van der Waals surface area (Å²) < 4.78 is 41.3. The first-order valence-corrected chi connectivity index (χ1v) is 15.5. The Labute approximate surface area is 269 Å². The number of benzene rings is 3. The first kappa shape index (κ1) is 31.5. The molecule has 0 saturated carbocycles. The highest BCUT2D eigenvalue weighted by molar-refractivity contribution is 6.31. The molecule has 2 atom stereocenters. The zero-order valence-corrected chi connectivity index (χ0v) is 25.8. The van der Waals surface area contributed by atoms with Crippen molar-refractivity contribution in [1.29, 1.82) is 0 Å². The van der Waals surface area contributed by atoms with Crippen LogP contribution in [0, 0.1) is 11.6 Å². The summed E-state index contributed by atoms with van der Waals surface area (Å²) in [5.41, 5.74) is 1.33. The molecule has 6 rings (SSSR count). The van der Waals surface area contributed by atoms with Gasteiger partial charge in [-0.2, -0.15) is 0 Å². The fraction of sp³-hybridized carbons (Fsp3) is 0.353. The lowest BCUT2D eigenvalue weighted by molar-refractivity contribution is -0.141. The minimum Gasteiger partial charge on any atom is -0.469 e. The maximum atomic E-state index is 15.5. The van der Waals surface area contributed by atoms with Crippen molar-refractivity contribution >= 4 is 46.9 Å². The second kappa shape index (κ2) is 12.7. The van der Waals surface area contributed by atoms with Crippen molar-refractivity contribution in [2.45, 2.75) is 56.5 Å². The second-order valence-corrected chi connectivity index (χ2v) is 12.3. The summed E-state index contributed by atoms with van der Waals surface area (Å²) in [7, 11) is 1.29. The van der Waals surface area contributed by atoms with Crippen LogP contribution in [0.15, 0.2) is 48.5 Å². The lowest BCUT2D eigenvalue weighted by Gasteiger charge is -2.45. The highest BCUT2D eigenvalue weighted by Crippen LogP contribution is 2.46. The van der Waals surface area contributed by atoms with Gasteiger partial charge in [-0.25, -0.2) is 13.6 Å². The van der Waals surface area contributed by atoms with Crippen LogP contribution in [0.2, 0.25) is 5.02 Å². The van der Waals surface area contributed by atoms with Gasteiger partial charge in [-0.1, -0.05) is 36.2 Å². The molecule has 46 heavy (non-hydrogen) atoms. The fourth-order valence-electron chi connectivity index (χ4n) is 6.73. The van der Waals surface area contributed by atoms with Crippen molar-refractivity contribution in [2.24, 2.45) is 0 Å². The number of carbonyl (C=O) groups excluding carboxylic acids is 4. The van der Waals surface area contributed by atoms with E-state index in [-0.39, 0.29) is 53.9 Å². The van der Waals surface area contributed by atoms with Crippen LogP contribution in [0.3, 0.4) is 0 Å². The SMILES string of the molecule is COC(=O)Cc1ccc2c(c1)NC(=O)CCCC[C@H](C(=O)N1CCC[C@@]3(C1)OC(=O)Nc1ccc(Cl)c(F)c13)c1cc(F)cc-2c1. The van der Waals surface area contributed by atoms with E-state index in [1.54, 1.807) is 29.2 Å². The highest BCUT2D eigenvalue weighted by Gasteiger charge is 2.49. The van der Waals surface area contributed by atoms with Crippen LogP contribution < -0.4 is 10.6 Å². The molecule has 2 N–H and O–H groups in total. The van der Waals surface area contributed by atoms with Gasteiger partial charge in [0, 0.05) is 24.2 Å². The highest BCUT2D eigenvalue weighted by atomic mass is 35.5. The summed E-state index contributed by atoms with van der Waals surface area (Å²) in [4.78, 5) is 53.3. The van der Waals surface area contributed by atoms with Crippen molar-refractivity contribution in [3.63, 3.8) is 0 Å². The molecule has 1 saturated heterocycles. The average Bonchev–Trinajstić information content (AvgIpc) is 3.01. The normalized spacial score (nSPS) is 21.0. The zero-order chi connectivity index (χ0) is 32.6. The number of anilines is 2. The third kappa shape index (κ3) is 6.16. The van der Waals surface area contributed by atoms with Crippen molar-refractivity contribution in [1.82, 2.24) is 4.90 Å². The molecule has 3 heterocycles. The third-order valence-electron chi connectivity index (χ3n) is 8.85. The van der Waals surface area contributed by atoms with Crippen LogP contribution in [-0.2, 0) is 35.9 Å². The Morgan fingerprint density at radius 3 is 2.67 bits per heavy atom. The quantitative estimate of drug-likeness (QED) is 0.306. The molecular weight excluding hydrogens is 620 g/mol. The van der Waals surface area contributed by atoms with Gasteiger partial charge in [0.25, 0.3) is 0 Å². The predicted molar refractivity (Wildman–Crippen MR) is 166 cm³/mol. The van der Waals surface area contributed by atoms with Gasteiger partial charge >= 0.3 is 12.1 Å². The smallest absolute Gasteiger partial charge is 0.412 e. The maximum absolute atomic E-state index is 15.5. The number of fused-ring (bicyclic) bond motifs is 6. The Morgan fingerprint density at radius 2 is 1.87 bits per heavy atom. The molecule has 0 aromatic heterocycles. The Hall–Kier alpha value is -4.51. The van der Waals surface area contributed by atoms with Gasteiger partial charge in [-0.3, -0.25) is 19.7 Å². The monoisotopic (exact) mass is 651 g/mol. The largest absolute Gasteiger partial charge is 0.469 e. The molecular formula is C34H32ClF2N3O6. The first-order chi connectivity index (χ1) is 22.1. The van der Waals surface area contributed by atoms with Crippen molar-refractivity contribution < 1.29 is 37.4 Å². The molecule has 2 bridgehead atoms. The van der Waals surface area contributed by atoms with Crippen LogP contribution in [0.5, 0.6) is 0 Å². The van der Waals surface area contributed by atoms with E-state index in [0.29, 0.717) is 60.2 Å². The van der Waals surface area contributed by atoms with Crippen LogP contribution in [0.25, 0.3) is 11.1 Å². The molecule has 0 unspecified atom stereocenters. The van der Waals surface area contributed by atoms with E-state index in [1.165, 1.54) is 31.4 Å². The van der Waals surface area contributed by atoms with Crippen LogP contribution in [-0.4, -0.2) is 49.0 Å². The summed E-state index contributed by atoms with van der Waals surface area (Å²) in [5, 5.41) is 5.30. The summed E-state index contributed by atoms with van der Waals surface area (Å²) >= 11 is 6.12. The van der Waals surface area contributed by atoms with Gasteiger partial charge in [0.1, 0.15) is 5.82 Å². The van der Waals surface area contributed by atoms with Gasteiger partial charge in [0.2, 0.25) is 11.8 Å². The number of ether oxygens (including phenoxy) is 2. The van der Waals surface area contributed by atoms with E-state index in [0.717, 1.165) is 0 Å². The molecule has 1 spiro atoms. The first-order valence-electron chi connectivity index (χ1n) is 15.1. The third-order valence-corrected chi connectivity index (χ3v) is 9.15. The van der Waals surface area contributed by atoms with Crippen LogP contribution in [0.4, 0.5) is 25.0 Å². The molecule has 3 amide bonds. The van der Waals surface area contributed by atoms with Gasteiger partial charge in [0.05, 0.1) is 42.3 Å². The number of hydrogen-bond acceptors (Lipinski definition) is 6. The topological polar surface area (TPSA) is 114 Å². The predicted octanol–water partition coefficient (Wildman–Crippen LogP) is 6.68. The number of esters is 1. The Bertz CT molecular complexity index is 1750. The molecule has 9 nitrogen and oxygen atoms in total. The molecule has 0 radical (unpaired) electrons. The Morgan fingerprint density at radius 1 is 1.04 bits per heavy atom. The molecule has 3 aromatic rings. The molecule has 12 heteroatoms. The molecule has 240 valence electrons. The van der Waals surface area contributed by atoms with Gasteiger partial charge in [-0.05, 0) is 72.7 Å². The standard InChI is InChI=1S/C34H32ClF2N3O6/c1-45-29(42)14-19-7-8-23-20-15-21(17-22(36)16-20)24(5-2-3-6-28(41)38-27(23)13-19)32(43)40-12-4-11-34(18-40)30-26(39-33(44)46-34)10-9-25(35)31(30)37/h7-10,13,15-17,24H,2-6,11-12,14,18H2,1H3,(H,38,41)(H,39,44)/t24-,34-/m0/s1. The summed E-state index contributed by atoms with van der Waals surface area (Å²) in [5.74, 6) is -3.07. The molecule has 3 aliphatic rings. The number of piperidine rings is 1. The van der Waals surface area contributed by atoms with Gasteiger partial charge in [0.15, 0.2) is 11.4 Å². The van der Waals surface area contributed by atoms with Crippen LogP contribution >= 0.6 is 11.6 Å². The number of carbonyl (C=O) groups is 4. The van der Waals surface area contributed by atoms with E-state index >= 15 is 8.78 Å². The minimum atomic E-state index is -1.45. The zero-order valence-electron chi connectivity index (χ0n) is 25.1. The number of hydrogen-bond donors (Lipinski definition) is 2. The fourth-order valence-corrected chi connectivity index (χ4v) is 6.88. The summed E-state index contributed by atoms with van der Waals surface area (Å²) in [6.45, 7) is 0.229. The van der Waals surface area contributed by atoms with Crippen molar-refractivity contribution in [3.05, 3.63) is 81.9 Å². The van der Waals surface area contributed by atoms with E-state index < -0.39 is 35.2 Å².